The monoisotopic (exact) mass is 208 g/mol. The summed E-state index contributed by atoms with van der Waals surface area (Å²) in [6.45, 7) is 0. The second-order valence-electron chi connectivity index (χ2n) is 2.82. The van der Waals surface area contributed by atoms with E-state index in [0.717, 1.165) is 16.1 Å². The largest absolute Gasteiger partial charge is 0.481 e. The number of aromatic nitrogens is 2. The van der Waals surface area contributed by atoms with Crippen molar-refractivity contribution in [3.8, 4) is 10.6 Å². The van der Waals surface area contributed by atoms with Crippen molar-refractivity contribution in [2.75, 3.05) is 0 Å². The van der Waals surface area contributed by atoms with Gasteiger partial charge in [0.2, 0.25) is 0 Å². The number of H-pyrrole nitrogens is 1. The van der Waals surface area contributed by atoms with Crippen LogP contribution in [0.25, 0.3) is 10.6 Å². The summed E-state index contributed by atoms with van der Waals surface area (Å²) in [5.41, 5.74) is 1.53. The van der Waals surface area contributed by atoms with E-state index in [4.69, 9.17) is 5.11 Å². The highest BCUT2D eigenvalue weighted by atomic mass is 32.1. The van der Waals surface area contributed by atoms with Gasteiger partial charge in [0.05, 0.1) is 23.2 Å². The van der Waals surface area contributed by atoms with Crippen LogP contribution in [0.15, 0.2) is 23.7 Å². The minimum absolute atomic E-state index is 0.00370. The molecule has 72 valence electrons. The van der Waals surface area contributed by atoms with Crippen molar-refractivity contribution < 1.29 is 9.90 Å². The first-order valence-electron chi connectivity index (χ1n) is 4.05. The minimum atomic E-state index is -0.843. The lowest BCUT2D eigenvalue weighted by molar-refractivity contribution is -0.136. The van der Waals surface area contributed by atoms with Crippen molar-refractivity contribution in [2.45, 2.75) is 6.42 Å². The molecule has 0 aliphatic carbocycles. The molecule has 0 fully saturated rings. The molecular weight excluding hydrogens is 200 g/mol. The van der Waals surface area contributed by atoms with Gasteiger partial charge in [0, 0.05) is 5.56 Å². The van der Waals surface area contributed by atoms with Crippen LogP contribution in [0.4, 0.5) is 0 Å². The number of carbonyl (C=O) groups is 1. The van der Waals surface area contributed by atoms with Crippen LogP contribution in [-0.2, 0) is 11.2 Å². The Morgan fingerprint density at radius 2 is 2.50 bits per heavy atom. The lowest BCUT2D eigenvalue weighted by atomic mass is 10.1. The van der Waals surface area contributed by atoms with Gasteiger partial charge in [0.25, 0.3) is 0 Å². The van der Waals surface area contributed by atoms with E-state index in [-0.39, 0.29) is 6.42 Å². The molecule has 0 unspecified atom stereocenters. The molecule has 0 atom stereocenters. The first kappa shape index (κ1) is 8.96. The number of rotatable bonds is 3. The molecule has 5 heteroatoms. The Morgan fingerprint density at radius 1 is 1.64 bits per heavy atom. The molecule has 2 aromatic rings. The van der Waals surface area contributed by atoms with Crippen LogP contribution in [0.5, 0.6) is 0 Å². The van der Waals surface area contributed by atoms with Crippen molar-refractivity contribution in [1.29, 1.82) is 0 Å². The highest BCUT2D eigenvalue weighted by molar-refractivity contribution is 7.13. The minimum Gasteiger partial charge on any atom is -0.481 e. The molecule has 0 aliphatic rings. The fourth-order valence-corrected chi connectivity index (χ4v) is 2.00. The standard InChI is InChI=1S/C9H8N2O2S/c12-8(13)4-6-5-10-11-9(6)7-2-1-3-14-7/h1-3,5H,4H2,(H,10,11)(H,12,13). The second kappa shape index (κ2) is 3.63. The van der Waals surface area contributed by atoms with E-state index in [0.29, 0.717) is 0 Å². The highest BCUT2D eigenvalue weighted by Gasteiger charge is 2.11. The van der Waals surface area contributed by atoms with Gasteiger partial charge in [-0.1, -0.05) is 6.07 Å². The summed E-state index contributed by atoms with van der Waals surface area (Å²) in [6, 6.07) is 3.86. The molecule has 0 saturated carbocycles. The summed E-state index contributed by atoms with van der Waals surface area (Å²) < 4.78 is 0. The van der Waals surface area contributed by atoms with E-state index in [1.165, 1.54) is 0 Å². The summed E-state index contributed by atoms with van der Waals surface area (Å²) in [5.74, 6) is -0.843. The van der Waals surface area contributed by atoms with Crippen LogP contribution < -0.4 is 0 Å². The number of carboxylic acids is 1. The van der Waals surface area contributed by atoms with Gasteiger partial charge in [0.1, 0.15) is 0 Å². The van der Waals surface area contributed by atoms with E-state index < -0.39 is 5.97 Å². The maximum atomic E-state index is 10.6. The van der Waals surface area contributed by atoms with E-state index in [2.05, 4.69) is 10.2 Å². The third-order valence-electron chi connectivity index (χ3n) is 1.83. The van der Waals surface area contributed by atoms with E-state index in [1.54, 1.807) is 17.5 Å². The molecule has 0 spiro atoms. The van der Waals surface area contributed by atoms with E-state index >= 15 is 0 Å². The lowest BCUT2D eigenvalue weighted by Crippen LogP contribution is -1.99. The molecule has 2 aromatic heterocycles. The Labute approximate surface area is 84.2 Å². The van der Waals surface area contributed by atoms with Crippen molar-refractivity contribution in [1.82, 2.24) is 10.2 Å². The van der Waals surface area contributed by atoms with Crippen molar-refractivity contribution in [3.63, 3.8) is 0 Å². The quantitative estimate of drug-likeness (QED) is 0.807. The van der Waals surface area contributed by atoms with Gasteiger partial charge >= 0.3 is 5.97 Å². The number of hydrogen-bond acceptors (Lipinski definition) is 3. The number of aliphatic carboxylic acids is 1. The van der Waals surface area contributed by atoms with Gasteiger partial charge in [-0.2, -0.15) is 5.10 Å². The first-order valence-corrected chi connectivity index (χ1v) is 4.93. The molecule has 2 heterocycles. The molecule has 2 rings (SSSR count). The Kier molecular flexibility index (Phi) is 2.32. The average molecular weight is 208 g/mol. The SMILES string of the molecule is O=C(O)Cc1cn[nH]c1-c1cccs1. The fourth-order valence-electron chi connectivity index (χ4n) is 1.24. The Bertz CT molecular complexity index is 433. The number of nitrogens with zero attached hydrogens (tertiary/aromatic N) is 1. The number of carboxylic acid groups (broad SMARTS) is 1. The van der Waals surface area contributed by atoms with Gasteiger partial charge < -0.3 is 5.11 Å². The second-order valence-corrected chi connectivity index (χ2v) is 3.77. The summed E-state index contributed by atoms with van der Waals surface area (Å²) in [6.07, 6.45) is 1.56. The van der Waals surface area contributed by atoms with E-state index in [1.807, 2.05) is 17.5 Å². The molecule has 0 aromatic carbocycles. The zero-order chi connectivity index (χ0) is 9.97. The zero-order valence-corrected chi connectivity index (χ0v) is 8.04. The van der Waals surface area contributed by atoms with Crippen LogP contribution in [0.2, 0.25) is 0 Å². The van der Waals surface area contributed by atoms with Crippen LogP contribution in [0.3, 0.4) is 0 Å². The van der Waals surface area contributed by atoms with Crippen LogP contribution in [-0.4, -0.2) is 21.3 Å². The van der Waals surface area contributed by atoms with Crippen LogP contribution in [0, 0.1) is 0 Å². The number of aromatic amines is 1. The normalized spacial score (nSPS) is 10.3. The summed E-state index contributed by atoms with van der Waals surface area (Å²) in [7, 11) is 0. The molecule has 14 heavy (non-hydrogen) atoms. The van der Waals surface area contributed by atoms with E-state index in [9.17, 15) is 4.79 Å². The lowest BCUT2D eigenvalue weighted by Gasteiger charge is -1.96. The molecule has 0 bridgehead atoms. The fraction of sp³-hybridized carbons (Fsp3) is 0.111. The summed E-state index contributed by atoms with van der Waals surface area (Å²) >= 11 is 1.56. The van der Waals surface area contributed by atoms with Gasteiger partial charge in [-0.05, 0) is 11.4 Å². The third kappa shape index (κ3) is 1.67. The van der Waals surface area contributed by atoms with Crippen LogP contribution in [0.1, 0.15) is 5.56 Å². The Balaban J connectivity index is 2.35. The molecule has 0 aliphatic heterocycles. The topological polar surface area (TPSA) is 66.0 Å². The van der Waals surface area contributed by atoms with Gasteiger partial charge in [0.15, 0.2) is 0 Å². The number of thiophene rings is 1. The first-order chi connectivity index (χ1) is 6.77. The predicted octanol–water partition coefficient (Wildman–Crippen LogP) is 1.77. The molecule has 4 nitrogen and oxygen atoms in total. The molecule has 2 N–H and O–H groups in total. The number of nitrogens with one attached hydrogen (secondary N) is 1. The molecule has 0 radical (unpaired) electrons. The highest BCUT2D eigenvalue weighted by Crippen LogP contribution is 2.25. The molecule has 0 amide bonds. The summed E-state index contributed by atoms with van der Waals surface area (Å²) in [5, 5.41) is 17.3. The zero-order valence-electron chi connectivity index (χ0n) is 7.23. The molecular formula is C9H8N2O2S. The van der Waals surface area contributed by atoms with Crippen molar-refractivity contribution in [3.05, 3.63) is 29.3 Å². The van der Waals surface area contributed by atoms with Crippen LogP contribution >= 0.6 is 11.3 Å². The Morgan fingerprint density at radius 3 is 3.14 bits per heavy atom. The maximum Gasteiger partial charge on any atom is 0.307 e. The maximum absolute atomic E-state index is 10.6. The average Bonchev–Trinajstić information content (AvgIpc) is 2.70. The van der Waals surface area contributed by atoms with Gasteiger partial charge in [-0.3, -0.25) is 9.89 Å². The summed E-state index contributed by atoms with van der Waals surface area (Å²) in [4.78, 5) is 11.6. The van der Waals surface area contributed by atoms with Gasteiger partial charge in [-0.25, -0.2) is 0 Å². The van der Waals surface area contributed by atoms with Crippen molar-refractivity contribution >= 4 is 17.3 Å². The third-order valence-corrected chi connectivity index (χ3v) is 2.71. The smallest absolute Gasteiger partial charge is 0.307 e. The Hall–Kier alpha value is -1.62. The predicted molar refractivity (Wildman–Crippen MR) is 53.2 cm³/mol. The molecule has 0 saturated heterocycles. The van der Waals surface area contributed by atoms with Crippen molar-refractivity contribution in [2.24, 2.45) is 0 Å². The number of hydrogen-bond donors (Lipinski definition) is 2. The van der Waals surface area contributed by atoms with Gasteiger partial charge in [-0.15, -0.1) is 11.3 Å².